The van der Waals surface area contributed by atoms with Gasteiger partial charge in [-0.05, 0) is 13.0 Å². The minimum absolute atomic E-state index is 0.277. The average Bonchev–Trinajstić information content (AvgIpc) is 2.83. The first-order valence-corrected chi connectivity index (χ1v) is 4.46. The van der Waals surface area contributed by atoms with Crippen LogP contribution in [0.5, 0.6) is 0 Å². The molecule has 2 aromatic heterocycles. The first-order chi connectivity index (χ1) is 7.29. The van der Waals surface area contributed by atoms with E-state index in [2.05, 4.69) is 25.0 Å². The molecule has 2 rings (SSSR count). The van der Waals surface area contributed by atoms with Gasteiger partial charge in [0.05, 0.1) is 6.20 Å². The van der Waals surface area contributed by atoms with Gasteiger partial charge in [-0.3, -0.25) is 14.2 Å². The third-order valence-corrected chi connectivity index (χ3v) is 1.81. The molecule has 0 spiro atoms. The molecule has 8 heteroatoms. The fourth-order valence-corrected chi connectivity index (χ4v) is 1.11. The Morgan fingerprint density at radius 2 is 2.47 bits per heavy atom. The van der Waals surface area contributed by atoms with Gasteiger partial charge in [-0.1, -0.05) is 10.4 Å². The van der Waals surface area contributed by atoms with Crippen molar-refractivity contribution >= 4 is 0 Å². The monoisotopic (exact) mass is 210 g/mol. The van der Waals surface area contributed by atoms with Crippen molar-refractivity contribution in [3.05, 3.63) is 16.7 Å². The number of nitrogens with two attached hydrogens (primary N) is 1. The lowest BCUT2D eigenvalue weighted by atomic mass is 10.4. The van der Waals surface area contributed by atoms with Crippen LogP contribution in [0, 0.1) is 0 Å². The van der Waals surface area contributed by atoms with E-state index in [9.17, 15) is 4.79 Å². The zero-order chi connectivity index (χ0) is 10.7. The summed E-state index contributed by atoms with van der Waals surface area (Å²) in [6.07, 6.45) is 2.49. The Morgan fingerprint density at radius 3 is 3.13 bits per heavy atom. The van der Waals surface area contributed by atoms with E-state index >= 15 is 0 Å². The highest BCUT2D eigenvalue weighted by atomic mass is 16.5. The van der Waals surface area contributed by atoms with Gasteiger partial charge >= 0.3 is 5.76 Å². The van der Waals surface area contributed by atoms with Gasteiger partial charge in [0.25, 0.3) is 0 Å². The van der Waals surface area contributed by atoms with E-state index in [1.165, 1.54) is 0 Å². The second-order valence-electron chi connectivity index (χ2n) is 2.95. The molecule has 0 atom stereocenters. The fourth-order valence-electron chi connectivity index (χ4n) is 1.11. The van der Waals surface area contributed by atoms with Crippen molar-refractivity contribution in [1.29, 1.82) is 0 Å². The van der Waals surface area contributed by atoms with Gasteiger partial charge in [-0.15, -0.1) is 5.10 Å². The van der Waals surface area contributed by atoms with Crippen molar-refractivity contribution in [2.24, 2.45) is 5.73 Å². The second kappa shape index (κ2) is 4.05. The van der Waals surface area contributed by atoms with Gasteiger partial charge in [0.2, 0.25) is 5.82 Å². The van der Waals surface area contributed by atoms with E-state index in [1.54, 1.807) is 10.9 Å². The van der Waals surface area contributed by atoms with Crippen LogP contribution in [0.25, 0.3) is 11.5 Å². The van der Waals surface area contributed by atoms with Crippen LogP contribution in [0.4, 0.5) is 0 Å². The number of rotatable bonds is 4. The van der Waals surface area contributed by atoms with Crippen LogP contribution in [0.1, 0.15) is 6.42 Å². The van der Waals surface area contributed by atoms with E-state index in [0.29, 0.717) is 18.8 Å². The van der Waals surface area contributed by atoms with Crippen molar-refractivity contribution < 1.29 is 4.52 Å². The Kier molecular flexibility index (Phi) is 2.59. The number of hydrogen-bond acceptors (Lipinski definition) is 6. The van der Waals surface area contributed by atoms with Gasteiger partial charge in [-0.2, -0.15) is 0 Å². The average molecular weight is 210 g/mol. The van der Waals surface area contributed by atoms with Gasteiger partial charge in [0.15, 0.2) is 5.69 Å². The molecule has 0 aliphatic carbocycles. The summed E-state index contributed by atoms with van der Waals surface area (Å²) >= 11 is 0. The molecule has 8 nitrogen and oxygen atoms in total. The molecule has 0 aromatic carbocycles. The van der Waals surface area contributed by atoms with Crippen LogP contribution in [0.15, 0.2) is 15.5 Å². The number of aromatic amines is 1. The summed E-state index contributed by atoms with van der Waals surface area (Å²) in [5, 5.41) is 11.2. The van der Waals surface area contributed by atoms with Crippen molar-refractivity contribution in [2.75, 3.05) is 6.54 Å². The van der Waals surface area contributed by atoms with Crippen LogP contribution in [-0.2, 0) is 6.54 Å². The van der Waals surface area contributed by atoms with Crippen LogP contribution in [0.2, 0.25) is 0 Å². The lowest BCUT2D eigenvalue weighted by Crippen LogP contribution is -2.06. The standard InChI is InChI=1S/C7H10N6O2/c8-2-1-3-13-4-5(10-12-13)6-9-7(14)15-11-6/h4H,1-3,8H2,(H,9,11,14). The molecule has 0 unspecified atom stereocenters. The number of H-pyrrole nitrogens is 1. The highest BCUT2D eigenvalue weighted by Crippen LogP contribution is 2.07. The summed E-state index contributed by atoms with van der Waals surface area (Å²) in [5.74, 6) is -0.333. The van der Waals surface area contributed by atoms with Gasteiger partial charge in [0, 0.05) is 6.54 Å². The molecule has 0 amide bonds. The van der Waals surface area contributed by atoms with Crippen molar-refractivity contribution in [2.45, 2.75) is 13.0 Å². The Balaban J connectivity index is 2.16. The molecule has 0 aliphatic heterocycles. The molecule has 0 saturated heterocycles. The summed E-state index contributed by atoms with van der Waals surface area (Å²) in [6, 6.07) is 0. The normalized spacial score (nSPS) is 10.7. The number of nitrogens with zero attached hydrogens (tertiary/aromatic N) is 4. The van der Waals surface area contributed by atoms with Crippen LogP contribution in [-0.4, -0.2) is 31.7 Å². The number of hydrogen-bond donors (Lipinski definition) is 2. The maximum absolute atomic E-state index is 10.7. The van der Waals surface area contributed by atoms with Crippen LogP contribution < -0.4 is 11.5 Å². The third kappa shape index (κ3) is 2.10. The summed E-state index contributed by atoms with van der Waals surface area (Å²) in [7, 11) is 0. The van der Waals surface area contributed by atoms with E-state index < -0.39 is 5.76 Å². The van der Waals surface area contributed by atoms with Crippen LogP contribution in [0.3, 0.4) is 0 Å². The minimum atomic E-state index is -0.610. The fraction of sp³-hybridized carbons (Fsp3) is 0.429. The van der Waals surface area contributed by atoms with Crippen molar-refractivity contribution in [3.8, 4) is 11.5 Å². The summed E-state index contributed by atoms with van der Waals surface area (Å²) in [4.78, 5) is 13.1. The predicted molar refractivity (Wildman–Crippen MR) is 49.8 cm³/mol. The maximum Gasteiger partial charge on any atom is 0.439 e. The molecule has 3 N–H and O–H groups in total. The first kappa shape index (κ1) is 9.59. The second-order valence-corrected chi connectivity index (χ2v) is 2.95. The van der Waals surface area contributed by atoms with E-state index in [-0.39, 0.29) is 5.82 Å². The zero-order valence-electron chi connectivity index (χ0n) is 7.88. The molecule has 2 heterocycles. The lowest BCUT2D eigenvalue weighted by Gasteiger charge is -1.94. The largest absolute Gasteiger partial charge is 0.439 e. The molecule has 0 bridgehead atoms. The Morgan fingerprint density at radius 1 is 1.60 bits per heavy atom. The summed E-state index contributed by atoms with van der Waals surface area (Å²) < 4.78 is 5.99. The van der Waals surface area contributed by atoms with Gasteiger partial charge in [0.1, 0.15) is 0 Å². The summed E-state index contributed by atoms with van der Waals surface area (Å²) in [6.45, 7) is 1.28. The molecular formula is C7H10N6O2. The molecule has 2 aromatic rings. The van der Waals surface area contributed by atoms with E-state index in [1.807, 2.05) is 0 Å². The Bertz CT molecular complexity index is 483. The number of aromatic nitrogens is 5. The molecular weight excluding hydrogens is 200 g/mol. The van der Waals surface area contributed by atoms with Gasteiger partial charge in [-0.25, -0.2) is 4.79 Å². The number of aryl methyl sites for hydroxylation is 1. The predicted octanol–water partition coefficient (Wildman–Crippen LogP) is -1.03. The summed E-state index contributed by atoms with van der Waals surface area (Å²) in [5.41, 5.74) is 5.83. The molecule has 15 heavy (non-hydrogen) atoms. The first-order valence-electron chi connectivity index (χ1n) is 4.46. The zero-order valence-corrected chi connectivity index (χ0v) is 7.88. The third-order valence-electron chi connectivity index (χ3n) is 1.81. The molecule has 0 saturated carbocycles. The molecule has 0 fully saturated rings. The van der Waals surface area contributed by atoms with Gasteiger partial charge < -0.3 is 5.73 Å². The van der Waals surface area contributed by atoms with Crippen LogP contribution >= 0.6 is 0 Å². The molecule has 80 valence electrons. The maximum atomic E-state index is 10.7. The minimum Gasteiger partial charge on any atom is -0.330 e. The highest BCUT2D eigenvalue weighted by molar-refractivity contribution is 5.44. The molecule has 0 aliphatic rings. The molecule has 0 radical (unpaired) electrons. The van der Waals surface area contributed by atoms with E-state index in [0.717, 1.165) is 6.42 Å². The highest BCUT2D eigenvalue weighted by Gasteiger charge is 2.08. The van der Waals surface area contributed by atoms with E-state index in [4.69, 9.17) is 5.73 Å². The Labute approximate surface area is 84.1 Å². The Hall–Kier alpha value is -1.96. The smallest absolute Gasteiger partial charge is 0.330 e. The quantitative estimate of drug-likeness (QED) is 0.666. The lowest BCUT2D eigenvalue weighted by molar-refractivity contribution is 0.387. The van der Waals surface area contributed by atoms with Crippen molar-refractivity contribution in [3.63, 3.8) is 0 Å². The van der Waals surface area contributed by atoms with Crippen molar-refractivity contribution in [1.82, 2.24) is 25.1 Å². The SMILES string of the molecule is NCCCn1cc(-c2noc(=O)[nH]2)nn1. The topological polar surface area (TPSA) is 116 Å². The number of nitrogens with one attached hydrogen (secondary N) is 1.